The zero-order valence-electron chi connectivity index (χ0n) is 14.7. The lowest BCUT2D eigenvalue weighted by Gasteiger charge is -2.14. The predicted octanol–water partition coefficient (Wildman–Crippen LogP) is 1.41. The van der Waals surface area contributed by atoms with Gasteiger partial charge in [-0.25, -0.2) is 4.39 Å². The van der Waals surface area contributed by atoms with Gasteiger partial charge in [0, 0.05) is 13.1 Å². The first kappa shape index (κ1) is 21.5. The zero-order chi connectivity index (χ0) is 18.9. The summed E-state index contributed by atoms with van der Waals surface area (Å²) < 4.78 is 18.6. The van der Waals surface area contributed by atoms with Gasteiger partial charge in [-0.1, -0.05) is 11.3 Å². The molecule has 8 heteroatoms. The number of carbonyl (C=O) groups is 2. The molecule has 0 atom stereocenters. The van der Waals surface area contributed by atoms with Crippen LogP contribution in [0.3, 0.4) is 0 Å². The summed E-state index contributed by atoms with van der Waals surface area (Å²) in [6, 6.07) is 1.63. The van der Waals surface area contributed by atoms with Crippen LogP contribution in [0.4, 0.5) is 4.39 Å². The summed E-state index contributed by atoms with van der Waals surface area (Å²) >= 11 is 0. The number of nitrogens with zero attached hydrogens (tertiary/aromatic N) is 2. The minimum absolute atomic E-state index is 0.0103. The smallest absolute Gasteiger partial charge is 0.309 e. The molecule has 2 N–H and O–H groups in total. The SMILES string of the molecule is C=C(OC)C(C)(C)F.CNC(=O)c1cc[n+](CCC(=O)O)nc1C. The molecule has 0 aliphatic rings. The molecule has 7 nitrogen and oxygen atoms in total. The molecule has 1 amide bonds. The van der Waals surface area contributed by atoms with Gasteiger partial charge in [0.1, 0.15) is 17.9 Å². The van der Waals surface area contributed by atoms with Gasteiger partial charge in [-0.2, -0.15) is 0 Å². The average Bonchev–Trinajstić information content (AvgIpc) is 2.51. The summed E-state index contributed by atoms with van der Waals surface area (Å²) in [6.45, 7) is 8.16. The molecule has 0 radical (unpaired) electrons. The molecule has 0 spiro atoms. The summed E-state index contributed by atoms with van der Waals surface area (Å²) in [5.41, 5.74) is -0.337. The molecule has 0 fully saturated rings. The number of amides is 1. The molecule has 1 heterocycles. The molecule has 0 saturated heterocycles. The summed E-state index contributed by atoms with van der Waals surface area (Å²) in [7, 11) is 2.96. The highest BCUT2D eigenvalue weighted by Crippen LogP contribution is 2.18. The maximum absolute atomic E-state index is 12.6. The molecule has 1 aromatic heterocycles. The second-order valence-electron chi connectivity index (χ2n) is 5.40. The van der Waals surface area contributed by atoms with Gasteiger partial charge in [0.2, 0.25) is 0 Å². The van der Waals surface area contributed by atoms with Gasteiger partial charge in [-0.15, -0.1) is 0 Å². The number of methoxy groups -OCH3 is 1. The number of carboxylic acid groups (broad SMARTS) is 1. The van der Waals surface area contributed by atoms with Crippen molar-refractivity contribution >= 4 is 11.9 Å². The highest BCUT2D eigenvalue weighted by molar-refractivity contribution is 5.94. The van der Waals surface area contributed by atoms with Crippen LogP contribution in [-0.4, -0.2) is 41.9 Å². The molecule has 0 aliphatic carbocycles. The minimum Gasteiger partial charge on any atom is -0.498 e. The van der Waals surface area contributed by atoms with Crippen LogP contribution >= 0.6 is 0 Å². The fourth-order valence-electron chi connectivity index (χ4n) is 1.51. The van der Waals surface area contributed by atoms with Crippen molar-refractivity contribution in [1.82, 2.24) is 10.4 Å². The number of alkyl halides is 1. The largest absolute Gasteiger partial charge is 0.498 e. The van der Waals surface area contributed by atoms with Crippen LogP contribution in [0.5, 0.6) is 0 Å². The summed E-state index contributed by atoms with van der Waals surface area (Å²) in [6.07, 6.45) is 1.61. The molecule has 0 aromatic carbocycles. The first-order valence-corrected chi connectivity index (χ1v) is 7.26. The number of hydrogen-bond donors (Lipinski definition) is 2. The van der Waals surface area contributed by atoms with Crippen molar-refractivity contribution in [3.05, 3.63) is 35.9 Å². The van der Waals surface area contributed by atoms with Crippen LogP contribution in [0.1, 0.15) is 36.3 Å². The van der Waals surface area contributed by atoms with Crippen LogP contribution in [0.25, 0.3) is 0 Å². The minimum atomic E-state index is -1.41. The number of rotatable bonds is 6. The molecule has 0 saturated carbocycles. The maximum atomic E-state index is 12.6. The molecule has 0 unspecified atom stereocenters. The molecule has 24 heavy (non-hydrogen) atoms. The number of ether oxygens (including phenoxy) is 1. The third kappa shape index (κ3) is 7.66. The van der Waals surface area contributed by atoms with Gasteiger partial charge < -0.3 is 15.2 Å². The Balaban J connectivity index is 0.000000561. The Morgan fingerprint density at radius 3 is 2.42 bits per heavy atom. The van der Waals surface area contributed by atoms with Crippen LogP contribution in [0.15, 0.2) is 24.6 Å². The number of carboxylic acids is 1. The predicted molar refractivity (Wildman–Crippen MR) is 86.1 cm³/mol. The normalized spacial score (nSPS) is 10.2. The Hall–Kier alpha value is -2.51. The van der Waals surface area contributed by atoms with Gasteiger partial charge in [-0.3, -0.25) is 9.59 Å². The number of aryl methyl sites for hydroxylation is 2. The monoisotopic (exact) mass is 342 g/mol. The van der Waals surface area contributed by atoms with Gasteiger partial charge in [-0.05, 0) is 25.9 Å². The number of aromatic nitrogens is 2. The van der Waals surface area contributed by atoms with E-state index < -0.39 is 11.6 Å². The van der Waals surface area contributed by atoms with Gasteiger partial charge in [0.15, 0.2) is 18.4 Å². The van der Waals surface area contributed by atoms with Crippen molar-refractivity contribution in [2.24, 2.45) is 0 Å². The molecular formula is C16H25FN3O4+. The molecule has 1 rings (SSSR count). The lowest BCUT2D eigenvalue weighted by molar-refractivity contribution is -0.753. The lowest BCUT2D eigenvalue weighted by atomic mass is 10.1. The van der Waals surface area contributed by atoms with Gasteiger partial charge >= 0.3 is 5.97 Å². The second-order valence-corrected chi connectivity index (χ2v) is 5.40. The molecule has 1 aromatic rings. The number of allylic oxidation sites excluding steroid dienone is 1. The Morgan fingerprint density at radius 1 is 1.50 bits per heavy atom. The summed E-state index contributed by atoms with van der Waals surface area (Å²) in [5.74, 6) is -0.907. The van der Waals surface area contributed by atoms with E-state index in [2.05, 4.69) is 21.7 Å². The van der Waals surface area contributed by atoms with Crippen molar-refractivity contribution in [3.8, 4) is 0 Å². The van der Waals surface area contributed by atoms with Crippen LogP contribution in [0.2, 0.25) is 0 Å². The Bertz CT molecular complexity index is 597. The van der Waals surface area contributed by atoms with E-state index in [1.165, 1.54) is 25.6 Å². The van der Waals surface area contributed by atoms with E-state index in [1.54, 1.807) is 26.2 Å². The lowest BCUT2D eigenvalue weighted by Crippen LogP contribution is -2.40. The Kier molecular flexibility index (Phi) is 8.59. The summed E-state index contributed by atoms with van der Waals surface area (Å²) in [5, 5.41) is 15.1. The number of hydrogen-bond acceptors (Lipinski definition) is 4. The standard InChI is InChI=1S/C10H13N3O3.C6H11FO/c1-7-8(10(16)11-2)3-5-13(12-7)6-4-9(14)15;1-5(8-4)6(2,3)7/h3,5H,4,6H2,1-2H3,(H-,11,14,15,16);1H2,2-4H3/p+1. The van der Waals surface area contributed by atoms with Crippen LogP contribution < -0.4 is 10.00 Å². The highest BCUT2D eigenvalue weighted by Gasteiger charge is 2.20. The van der Waals surface area contributed by atoms with E-state index in [4.69, 9.17) is 5.11 Å². The second kappa shape index (κ2) is 9.59. The Labute approximate surface area is 141 Å². The third-order valence-electron chi connectivity index (χ3n) is 3.02. The Morgan fingerprint density at radius 2 is 2.08 bits per heavy atom. The van der Waals surface area contributed by atoms with Crippen molar-refractivity contribution in [1.29, 1.82) is 0 Å². The van der Waals surface area contributed by atoms with Crippen molar-refractivity contribution < 1.29 is 28.5 Å². The van der Waals surface area contributed by atoms with E-state index in [0.717, 1.165) is 0 Å². The number of nitrogens with one attached hydrogen (secondary N) is 1. The van der Waals surface area contributed by atoms with Crippen molar-refractivity contribution in [2.45, 2.75) is 39.4 Å². The molecule has 134 valence electrons. The first-order valence-electron chi connectivity index (χ1n) is 7.26. The van der Waals surface area contributed by atoms with Gasteiger partial charge in [0.25, 0.3) is 5.91 Å². The van der Waals surface area contributed by atoms with E-state index >= 15 is 0 Å². The quantitative estimate of drug-likeness (QED) is 0.602. The van der Waals surface area contributed by atoms with E-state index in [0.29, 0.717) is 17.8 Å². The highest BCUT2D eigenvalue weighted by atomic mass is 19.1. The van der Waals surface area contributed by atoms with E-state index in [9.17, 15) is 14.0 Å². The zero-order valence-corrected chi connectivity index (χ0v) is 14.7. The average molecular weight is 342 g/mol. The van der Waals surface area contributed by atoms with E-state index in [-0.39, 0.29) is 18.1 Å². The van der Waals surface area contributed by atoms with Crippen LogP contribution in [-0.2, 0) is 16.1 Å². The fraction of sp³-hybridized carbons (Fsp3) is 0.500. The molecule has 0 aliphatic heterocycles. The fourth-order valence-corrected chi connectivity index (χ4v) is 1.51. The number of halogens is 1. The molecule has 0 bridgehead atoms. The van der Waals surface area contributed by atoms with Gasteiger partial charge in [0.05, 0.1) is 12.7 Å². The third-order valence-corrected chi connectivity index (χ3v) is 3.02. The maximum Gasteiger partial charge on any atom is 0.309 e. The van der Waals surface area contributed by atoms with E-state index in [1.807, 2.05) is 0 Å². The van der Waals surface area contributed by atoms with Crippen LogP contribution in [0, 0.1) is 6.92 Å². The summed E-state index contributed by atoms with van der Waals surface area (Å²) in [4.78, 5) is 21.7. The topological polar surface area (TPSA) is 92.4 Å². The van der Waals surface area contributed by atoms with Crippen molar-refractivity contribution in [2.75, 3.05) is 14.2 Å². The first-order chi connectivity index (χ1) is 11.0. The number of carbonyl (C=O) groups excluding carboxylic acids is 1. The molecular weight excluding hydrogens is 317 g/mol. The van der Waals surface area contributed by atoms with Crippen molar-refractivity contribution in [3.63, 3.8) is 0 Å². The number of aliphatic carboxylic acids is 1.